The largest absolute Gasteiger partial charge is 0.351 e. The second-order valence-electron chi connectivity index (χ2n) is 4.73. The Morgan fingerprint density at radius 2 is 2.06 bits per heavy atom. The molecule has 0 spiro atoms. The Balaban J connectivity index is 2.91. The van der Waals surface area contributed by atoms with Crippen molar-refractivity contribution in [3.63, 3.8) is 0 Å². The Labute approximate surface area is 96.2 Å². The van der Waals surface area contributed by atoms with Crippen molar-refractivity contribution >= 4 is 11.7 Å². The number of hydrogen-bond acceptors (Lipinski definition) is 2. The van der Waals surface area contributed by atoms with Gasteiger partial charge in [0.25, 0.3) is 0 Å². The van der Waals surface area contributed by atoms with Gasteiger partial charge in [-0.05, 0) is 38.0 Å². The number of hydrogen-bond donors (Lipinski definition) is 2. The highest BCUT2D eigenvalue weighted by molar-refractivity contribution is 5.90. The molecule has 0 unspecified atom stereocenters. The van der Waals surface area contributed by atoms with Crippen LogP contribution in [0.4, 0.5) is 10.5 Å². The summed E-state index contributed by atoms with van der Waals surface area (Å²) in [6.45, 7) is 3.94. The van der Waals surface area contributed by atoms with E-state index in [1.165, 1.54) is 4.90 Å². The third kappa shape index (κ3) is 3.55. The number of nitrogens with two attached hydrogens (primary N) is 2. The maximum Gasteiger partial charge on any atom is 0.318 e. The summed E-state index contributed by atoms with van der Waals surface area (Å²) in [6, 6.07) is 7.20. The number of nitrogens with zero attached hydrogens (tertiary/aromatic N) is 1. The van der Waals surface area contributed by atoms with Crippen LogP contribution in [0.5, 0.6) is 0 Å². The Hall–Kier alpha value is -1.55. The zero-order chi connectivity index (χ0) is 12.3. The van der Waals surface area contributed by atoms with E-state index in [1.54, 1.807) is 7.05 Å². The number of rotatable bonds is 3. The van der Waals surface area contributed by atoms with Gasteiger partial charge in [-0.15, -0.1) is 0 Å². The molecule has 2 amide bonds. The highest BCUT2D eigenvalue weighted by atomic mass is 16.2. The third-order valence-electron chi connectivity index (χ3n) is 2.29. The summed E-state index contributed by atoms with van der Waals surface area (Å²) in [5.41, 5.74) is 12.8. The van der Waals surface area contributed by atoms with Crippen LogP contribution in [0.1, 0.15) is 19.4 Å². The van der Waals surface area contributed by atoms with Crippen LogP contribution in [0.3, 0.4) is 0 Å². The number of urea groups is 1. The van der Waals surface area contributed by atoms with Gasteiger partial charge in [0, 0.05) is 18.3 Å². The number of anilines is 1. The van der Waals surface area contributed by atoms with E-state index in [1.807, 2.05) is 38.1 Å². The topological polar surface area (TPSA) is 72.3 Å². The molecule has 0 atom stereocenters. The maximum absolute atomic E-state index is 11.0. The van der Waals surface area contributed by atoms with E-state index < -0.39 is 6.03 Å². The molecule has 0 aliphatic carbocycles. The van der Waals surface area contributed by atoms with Crippen molar-refractivity contribution in [2.45, 2.75) is 25.8 Å². The summed E-state index contributed by atoms with van der Waals surface area (Å²) in [7, 11) is 1.65. The lowest BCUT2D eigenvalue weighted by Crippen LogP contribution is -2.35. The van der Waals surface area contributed by atoms with Crippen molar-refractivity contribution < 1.29 is 4.79 Å². The Kier molecular flexibility index (Phi) is 3.55. The minimum absolute atomic E-state index is 0.260. The minimum Gasteiger partial charge on any atom is -0.351 e. The van der Waals surface area contributed by atoms with Crippen LogP contribution in [0.25, 0.3) is 0 Å². The van der Waals surface area contributed by atoms with Crippen LogP contribution in [-0.4, -0.2) is 18.6 Å². The molecule has 0 heterocycles. The van der Waals surface area contributed by atoms with Gasteiger partial charge in [-0.2, -0.15) is 0 Å². The van der Waals surface area contributed by atoms with E-state index in [0.29, 0.717) is 0 Å². The van der Waals surface area contributed by atoms with Crippen LogP contribution in [-0.2, 0) is 6.42 Å². The summed E-state index contributed by atoms with van der Waals surface area (Å²) in [6.07, 6.45) is 0.757. The highest BCUT2D eigenvalue weighted by Crippen LogP contribution is 2.17. The SMILES string of the molecule is CN(C(N)=O)c1cccc(CC(C)(C)N)c1. The fourth-order valence-corrected chi connectivity index (χ4v) is 1.53. The van der Waals surface area contributed by atoms with Crippen molar-refractivity contribution in [2.75, 3.05) is 11.9 Å². The second-order valence-corrected chi connectivity index (χ2v) is 4.73. The van der Waals surface area contributed by atoms with Gasteiger partial charge >= 0.3 is 6.03 Å². The molecule has 0 saturated heterocycles. The van der Waals surface area contributed by atoms with Gasteiger partial charge in [-0.3, -0.25) is 4.90 Å². The molecule has 0 bridgehead atoms. The van der Waals surface area contributed by atoms with Gasteiger partial charge < -0.3 is 11.5 Å². The molecule has 16 heavy (non-hydrogen) atoms. The molecule has 1 aromatic carbocycles. The van der Waals surface area contributed by atoms with Crippen molar-refractivity contribution in [3.8, 4) is 0 Å². The maximum atomic E-state index is 11.0. The smallest absolute Gasteiger partial charge is 0.318 e. The first-order chi connectivity index (χ1) is 7.29. The first kappa shape index (κ1) is 12.5. The molecule has 4 heteroatoms. The van der Waals surface area contributed by atoms with E-state index in [4.69, 9.17) is 11.5 Å². The molecule has 4 nitrogen and oxygen atoms in total. The van der Waals surface area contributed by atoms with Crippen molar-refractivity contribution in [2.24, 2.45) is 11.5 Å². The molecule has 0 radical (unpaired) electrons. The molecule has 1 aromatic rings. The van der Waals surface area contributed by atoms with E-state index in [-0.39, 0.29) is 5.54 Å². The normalized spacial score (nSPS) is 11.2. The minimum atomic E-state index is -0.468. The molecule has 0 aliphatic heterocycles. The predicted molar refractivity (Wildman–Crippen MR) is 66.4 cm³/mol. The second kappa shape index (κ2) is 4.53. The summed E-state index contributed by atoms with van der Waals surface area (Å²) in [5, 5.41) is 0. The lowest BCUT2D eigenvalue weighted by Gasteiger charge is -2.20. The lowest BCUT2D eigenvalue weighted by molar-refractivity contribution is 0.255. The summed E-state index contributed by atoms with van der Waals surface area (Å²) in [4.78, 5) is 12.4. The van der Waals surface area contributed by atoms with Gasteiger partial charge in [0.05, 0.1) is 0 Å². The van der Waals surface area contributed by atoms with E-state index >= 15 is 0 Å². The Bertz CT molecular complexity index is 382. The highest BCUT2D eigenvalue weighted by Gasteiger charge is 2.13. The predicted octanol–water partition coefficient (Wildman–Crippen LogP) is 1.48. The van der Waals surface area contributed by atoms with Crippen LogP contribution in [0.2, 0.25) is 0 Å². The van der Waals surface area contributed by atoms with Crippen LogP contribution in [0.15, 0.2) is 24.3 Å². The quantitative estimate of drug-likeness (QED) is 0.811. The number of amides is 2. The summed E-state index contributed by atoms with van der Waals surface area (Å²) < 4.78 is 0. The summed E-state index contributed by atoms with van der Waals surface area (Å²) >= 11 is 0. The van der Waals surface area contributed by atoms with Gasteiger partial charge in [-0.25, -0.2) is 4.79 Å². The molecule has 88 valence electrons. The van der Waals surface area contributed by atoms with Gasteiger partial charge in [-0.1, -0.05) is 12.1 Å². The molecule has 4 N–H and O–H groups in total. The molecule has 0 aliphatic rings. The van der Waals surface area contributed by atoms with Gasteiger partial charge in [0.15, 0.2) is 0 Å². The molecular formula is C12H19N3O. The first-order valence-electron chi connectivity index (χ1n) is 5.20. The summed E-state index contributed by atoms with van der Waals surface area (Å²) in [5.74, 6) is 0. The zero-order valence-corrected chi connectivity index (χ0v) is 10.0. The fourth-order valence-electron chi connectivity index (χ4n) is 1.53. The fraction of sp³-hybridized carbons (Fsp3) is 0.417. The third-order valence-corrected chi connectivity index (χ3v) is 2.29. The standard InChI is InChI=1S/C12H19N3O/c1-12(2,14)8-9-5-4-6-10(7-9)15(3)11(13)16/h4-7H,8,14H2,1-3H3,(H2,13,16). The molecule has 0 saturated carbocycles. The zero-order valence-electron chi connectivity index (χ0n) is 10.0. The van der Waals surface area contributed by atoms with Gasteiger partial charge in [0.1, 0.15) is 0 Å². The Morgan fingerprint density at radius 3 is 2.56 bits per heavy atom. The number of benzene rings is 1. The van der Waals surface area contributed by atoms with E-state index in [9.17, 15) is 4.79 Å². The number of primary amides is 1. The van der Waals surface area contributed by atoms with E-state index in [2.05, 4.69) is 0 Å². The average Bonchev–Trinajstić information content (AvgIpc) is 2.14. The van der Waals surface area contributed by atoms with Crippen molar-refractivity contribution in [3.05, 3.63) is 29.8 Å². The van der Waals surface area contributed by atoms with Crippen molar-refractivity contribution in [1.82, 2.24) is 0 Å². The number of carbonyl (C=O) groups is 1. The average molecular weight is 221 g/mol. The molecule has 0 fully saturated rings. The van der Waals surface area contributed by atoms with E-state index in [0.717, 1.165) is 17.7 Å². The lowest BCUT2D eigenvalue weighted by atomic mass is 9.96. The molecule has 1 rings (SSSR count). The van der Waals surface area contributed by atoms with Crippen LogP contribution in [0, 0.1) is 0 Å². The van der Waals surface area contributed by atoms with Gasteiger partial charge in [0.2, 0.25) is 0 Å². The van der Waals surface area contributed by atoms with Crippen LogP contribution < -0.4 is 16.4 Å². The monoisotopic (exact) mass is 221 g/mol. The number of carbonyl (C=O) groups excluding carboxylic acids is 1. The van der Waals surface area contributed by atoms with Crippen LogP contribution >= 0.6 is 0 Å². The first-order valence-corrected chi connectivity index (χ1v) is 5.20. The molecule has 0 aromatic heterocycles. The Morgan fingerprint density at radius 1 is 1.44 bits per heavy atom. The van der Waals surface area contributed by atoms with Crippen molar-refractivity contribution in [1.29, 1.82) is 0 Å². The molecular weight excluding hydrogens is 202 g/mol.